The summed E-state index contributed by atoms with van der Waals surface area (Å²) in [5.41, 5.74) is 7.42. The number of carbonyl (C=O) groups is 5. The molecule has 3 aromatic rings. The van der Waals surface area contributed by atoms with Crippen molar-refractivity contribution in [3.63, 3.8) is 0 Å². The molecule has 0 fully saturated rings. The van der Waals surface area contributed by atoms with Crippen LogP contribution in [0.1, 0.15) is 23.2 Å². The van der Waals surface area contributed by atoms with Gasteiger partial charge in [0.05, 0.1) is 18.8 Å². The first kappa shape index (κ1) is 32.1. The number of aromatic hydroxyl groups is 2. The summed E-state index contributed by atoms with van der Waals surface area (Å²) in [7, 11) is 0. The van der Waals surface area contributed by atoms with Crippen LogP contribution in [0.25, 0.3) is 0 Å². The van der Waals surface area contributed by atoms with Crippen molar-refractivity contribution in [3.05, 3.63) is 77.9 Å². The molecule has 4 unspecified atom stereocenters. The Balaban J connectivity index is 1.79. The van der Waals surface area contributed by atoms with Crippen molar-refractivity contribution in [2.24, 2.45) is 5.73 Å². The second-order valence-electron chi connectivity index (χ2n) is 9.75. The first-order valence-electron chi connectivity index (χ1n) is 13.1. The maximum atomic E-state index is 13.4. The minimum atomic E-state index is -1.62. The molecule has 0 bridgehead atoms. The van der Waals surface area contributed by atoms with E-state index in [4.69, 9.17) is 5.73 Å². The highest BCUT2D eigenvalue weighted by molar-refractivity contribution is 5.95. The lowest BCUT2D eigenvalue weighted by Crippen LogP contribution is -2.58. The van der Waals surface area contributed by atoms with E-state index >= 15 is 0 Å². The Kier molecular flexibility index (Phi) is 11.2. The van der Waals surface area contributed by atoms with Crippen molar-refractivity contribution in [2.75, 3.05) is 0 Å². The number of nitrogens with two attached hydrogens (primary N) is 1. The number of hydrogen-bond donors (Lipinski definition) is 9. The fraction of sp³-hybridized carbons (Fsp3) is 0.286. The number of imidazole rings is 1. The van der Waals surface area contributed by atoms with Crippen molar-refractivity contribution in [1.82, 2.24) is 25.9 Å². The molecule has 0 aliphatic carbocycles. The van der Waals surface area contributed by atoms with Gasteiger partial charge in [-0.25, -0.2) is 9.78 Å². The number of aromatic nitrogens is 2. The molecule has 1 heterocycles. The Morgan fingerprint density at radius 2 is 1.21 bits per heavy atom. The summed E-state index contributed by atoms with van der Waals surface area (Å²) in [6.45, 7) is 0. The molecular formula is C28H32N6O9. The molecule has 3 amide bonds. The SMILES string of the molecule is NC(Cc1cnc[nH]1)C(=O)NC(CC(=O)O)C(=O)NC(Cc1ccc(O)cc1)C(=O)NC(Cc1ccc(O)cc1)C(=O)O. The third kappa shape index (κ3) is 10.2. The number of carboxylic acids is 2. The van der Waals surface area contributed by atoms with Gasteiger partial charge in [0.1, 0.15) is 29.6 Å². The molecule has 0 aliphatic rings. The molecular weight excluding hydrogens is 564 g/mol. The number of H-pyrrole nitrogens is 1. The smallest absolute Gasteiger partial charge is 0.326 e. The van der Waals surface area contributed by atoms with Crippen LogP contribution in [0.2, 0.25) is 0 Å². The zero-order valence-electron chi connectivity index (χ0n) is 22.8. The molecule has 0 radical (unpaired) electrons. The highest BCUT2D eigenvalue weighted by Crippen LogP contribution is 2.14. The molecule has 0 spiro atoms. The molecule has 1 aromatic heterocycles. The maximum Gasteiger partial charge on any atom is 0.326 e. The molecule has 3 rings (SSSR count). The minimum absolute atomic E-state index is 0.0245. The lowest BCUT2D eigenvalue weighted by molar-refractivity contribution is -0.143. The van der Waals surface area contributed by atoms with Crippen molar-refractivity contribution < 1.29 is 44.4 Å². The molecule has 10 N–H and O–H groups in total. The van der Waals surface area contributed by atoms with Gasteiger partial charge in [-0.3, -0.25) is 19.2 Å². The fourth-order valence-electron chi connectivity index (χ4n) is 4.08. The first-order chi connectivity index (χ1) is 20.4. The average Bonchev–Trinajstić information content (AvgIpc) is 3.46. The van der Waals surface area contributed by atoms with Crippen molar-refractivity contribution in [2.45, 2.75) is 49.9 Å². The zero-order valence-corrected chi connectivity index (χ0v) is 22.8. The van der Waals surface area contributed by atoms with E-state index in [1.54, 1.807) is 0 Å². The van der Waals surface area contributed by atoms with Crippen LogP contribution >= 0.6 is 0 Å². The summed E-state index contributed by atoms with van der Waals surface area (Å²) in [6.07, 6.45) is 1.72. The highest BCUT2D eigenvalue weighted by Gasteiger charge is 2.32. The van der Waals surface area contributed by atoms with Crippen LogP contribution in [0.5, 0.6) is 11.5 Å². The zero-order chi connectivity index (χ0) is 31.5. The Labute approximate surface area is 245 Å². The number of hydrogen-bond acceptors (Lipinski definition) is 9. The number of carboxylic acid groups (broad SMARTS) is 2. The lowest BCUT2D eigenvalue weighted by atomic mass is 10.0. The molecule has 43 heavy (non-hydrogen) atoms. The van der Waals surface area contributed by atoms with Crippen molar-refractivity contribution >= 4 is 29.7 Å². The van der Waals surface area contributed by atoms with Crippen molar-refractivity contribution in [1.29, 1.82) is 0 Å². The summed E-state index contributed by atoms with van der Waals surface area (Å²) < 4.78 is 0. The van der Waals surface area contributed by atoms with E-state index < -0.39 is 60.2 Å². The molecule has 228 valence electrons. The van der Waals surface area contributed by atoms with Gasteiger partial charge in [0.25, 0.3) is 0 Å². The number of phenolic OH excluding ortho intramolecular Hbond substituents is 2. The van der Waals surface area contributed by atoms with Gasteiger partial charge in [0, 0.05) is 31.2 Å². The number of rotatable bonds is 15. The topological polar surface area (TPSA) is 257 Å². The highest BCUT2D eigenvalue weighted by atomic mass is 16.4. The normalized spacial score (nSPS) is 13.6. The maximum absolute atomic E-state index is 13.4. The molecule has 0 saturated carbocycles. The number of aromatic amines is 1. The third-order valence-corrected chi connectivity index (χ3v) is 6.34. The summed E-state index contributed by atoms with van der Waals surface area (Å²) in [5.74, 6) is -5.60. The molecule has 0 aliphatic heterocycles. The van der Waals surface area contributed by atoms with Crippen LogP contribution in [0.4, 0.5) is 0 Å². The van der Waals surface area contributed by atoms with E-state index in [1.165, 1.54) is 61.1 Å². The van der Waals surface area contributed by atoms with E-state index in [-0.39, 0.29) is 30.8 Å². The Morgan fingerprint density at radius 3 is 1.70 bits per heavy atom. The second-order valence-corrected chi connectivity index (χ2v) is 9.75. The predicted octanol–water partition coefficient (Wildman–Crippen LogP) is -0.810. The monoisotopic (exact) mass is 596 g/mol. The quantitative estimate of drug-likeness (QED) is 0.105. The van der Waals surface area contributed by atoms with Gasteiger partial charge in [0.2, 0.25) is 17.7 Å². The van der Waals surface area contributed by atoms with Crippen LogP contribution in [-0.4, -0.2) is 84.2 Å². The third-order valence-electron chi connectivity index (χ3n) is 6.34. The average molecular weight is 597 g/mol. The van der Waals surface area contributed by atoms with Gasteiger partial charge < -0.3 is 47.1 Å². The second kappa shape index (κ2) is 15.0. The lowest BCUT2D eigenvalue weighted by Gasteiger charge is -2.25. The van der Waals surface area contributed by atoms with Crippen LogP contribution in [0, 0.1) is 0 Å². The number of nitrogens with one attached hydrogen (secondary N) is 4. The fourth-order valence-corrected chi connectivity index (χ4v) is 4.08. The number of benzene rings is 2. The van der Waals surface area contributed by atoms with E-state index in [0.717, 1.165) is 0 Å². The standard InChI is InChI=1S/C28H32N6O9/c29-20(11-17-13-30-14-31-17)25(39)32-22(12-24(37)38)27(41)33-21(9-15-1-5-18(35)6-2-15)26(40)34-23(28(42)43)10-16-3-7-19(36)8-4-16/h1-8,13-14,20-23,35-36H,9-12,29H2,(H,30,31)(H,32,39)(H,33,41)(H,34,40)(H,37,38)(H,42,43). The van der Waals surface area contributed by atoms with Gasteiger partial charge in [-0.15, -0.1) is 0 Å². The van der Waals surface area contributed by atoms with E-state index in [0.29, 0.717) is 16.8 Å². The predicted molar refractivity (Wildman–Crippen MR) is 150 cm³/mol. The molecule has 0 saturated heterocycles. The molecule has 15 heteroatoms. The Bertz CT molecular complexity index is 1410. The van der Waals surface area contributed by atoms with Crippen LogP contribution < -0.4 is 21.7 Å². The molecule has 4 atom stereocenters. The first-order valence-corrected chi connectivity index (χ1v) is 13.1. The van der Waals surface area contributed by atoms with Gasteiger partial charge >= 0.3 is 11.9 Å². The van der Waals surface area contributed by atoms with Crippen LogP contribution in [0.3, 0.4) is 0 Å². The molecule has 2 aromatic carbocycles. The van der Waals surface area contributed by atoms with Gasteiger partial charge in [0.15, 0.2) is 0 Å². The van der Waals surface area contributed by atoms with E-state index in [9.17, 15) is 44.4 Å². The Morgan fingerprint density at radius 1 is 0.721 bits per heavy atom. The summed E-state index contributed by atoms with van der Waals surface area (Å²) >= 11 is 0. The summed E-state index contributed by atoms with van der Waals surface area (Å²) in [5, 5.41) is 45.3. The number of nitrogens with zero attached hydrogens (tertiary/aromatic N) is 1. The minimum Gasteiger partial charge on any atom is -0.508 e. The van der Waals surface area contributed by atoms with Crippen LogP contribution in [-0.2, 0) is 43.2 Å². The number of amides is 3. The number of phenols is 2. The Hall–Kier alpha value is -5.44. The summed E-state index contributed by atoms with van der Waals surface area (Å²) in [4.78, 5) is 69.4. The van der Waals surface area contributed by atoms with E-state index in [1.807, 2.05) is 0 Å². The largest absolute Gasteiger partial charge is 0.508 e. The van der Waals surface area contributed by atoms with Crippen molar-refractivity contribution in [3.8, 4) is 11.5 Å². The summed E-state index contributed by atoms with van der Waals surface area (Å²) in [6, 6.07) is 5.76. The van der Waals surface area contributed by atoms with Gasteiger partial charge in [-0.05, 0) is 35.4 Å². The number of aliphatic carboxylic acids is 2. The van der Waals surface area contributed by atoms with Gasteiger partial charge in [-0.1, -0.05) is 24.3 Å². The van der Waals surface area contributed by atoms with Crippen LogP contribution in [0.15, 0.2) is 61.1 Å². The van der Waals surface area contributed by atoms with E-state index in [2.05, 4.69) is 25.9 Å². The molecule has 15 nitrogen and oxygen atoms in total. The van der Waals surface area contributed by atoms with Gasteiger partial charge in [-0.2, -0.15) is 0 Å². The number of carbonyl (C=O) groups excluding carboxylic acids is 3.